The van der Waals surface area contributed by atoms with Crippen molar-refractivity contribution in [2.24, 2.45) is 0 Å². The minimum Gasteiger partial charge on any atom is -0.494 e. The van der Waals surface area contributed by atoms with Crippen LogP contribution in [0.5, 0.6) is 11.5 Å². The van der Waals surface area contributed by atoms with Gasteiger partial charge in [-0.15, -0.1) is 0 Å². The summed E-state index contributed by atoms with van der Waals surface area (Å²) in [6.07, 6.45) is 9.03. The van der Waals surface area contributed by atoms with Crippen LogP contribution in [0.15, 0.2) is 91.3 Å². The van der Waals surface area contributed by atoms with Gasteiger partial charge < -0.3 is 24.3 Å². The molecule has 0 amide bonds. The number of ether oxygens (including phenoxy) is 2. The van der Waals surface area contributed by atoms with Crippen molar-refractivity contribution >= 4 is 23.0 Å². The monoisotopic (exact) mass is 524 g/mol. The Morgan fingerprint density at radius 2 is 1.63 bits per heavy atom. The third-order valence-electron chi connectivity index (χ3n) is 7.33. The maximum absolute atomic E-state index is 6.22. The third kappa shape index (κ3) is 4.86. The summed E-state index contributed by atoms with van der Waals surface area (Å²) in [5.74, 6) is 1.77. The van der Waals surface area contributed by atoms with Gasteiger partial charge in [0, 0.05) is 29.5 Å². The highest BCUT2D eigenvalue weighted by molar-refractivity contribution is 7.80. The van der Waals surface area contributed by atoms with Gasteiger partial charge in [0.05, 0.1) is 24.4 Å². The summed E-state index contributed by atoms with van der Waals surface area (Å²) in [6, 6.07) is 26.6. The van der Waals surface area contributed by atoms with E-state index in [1.54, 1.807) is 0 Å². The highest BCUT2D eigenvalue weighted by Gasteiger charge is 2.42. The maximum atomic E-state index is 6.22. The molecule has 2 aromatic carbocycles. The topological polar surface area (TPSA) is 51.5 Å². The zero-order valence-corrected chi connectivity index (χ0v) is 22.3. The van der Waals surface area contributed by atoms with E-state index in [-0.39, 0.29) is 12.1 Å². The second-order valence-electron chi connectivity index (χ2n) is 9.74. The lowest BCUT2D eigenvalue weighted by Gasteiger charge is -2.29. The van der Waals surface area contributed by atoms with Gasteiger partial charge in [0.2, 0.25) is 0 Å². The van der Waals surface area contributed by atoms with Crippen LogP contribution in [-0.4, -0.2) is 27.4 Å². The molecule has 0 radical (unpaired) electrons. The van der Waals surface area contributed by atoms with Crippen molar-refractivity contribution in [1.29, 1.82) is 0 Å². The zero-order chi connectivity index (χ0) is 25.9. The average Bonchev–Trinajstić information content (AvgIpc) is 3.71. The minimum atomic E-state index is -0.116. The maximum Gasteiger partial charge on any atom is 0.174 e. The van der Waals surface area contributed by atoms with Crippen molar-refractivity contribution in [3.05, 3.63) is 103 Å². The van der Waals surface area contributed by atoms with Gasteiger partial charge in [0.15, 0.2) is 5.11 Å². The van der Waals surface area contributed by atoms with Gasteiger partial charge in [-0.2, -0.15) is 0 Å². The Labute approximate surface area is 229 Å². The zero-order valence-electron chi connectivity index (χ0n) is 21.5. The van der Waals surface area contributed by atoms with Gasteiger partial charge in [-0.25, -0.2) is 0 Å². The lowest BCUT2D eigenvalue weighted by atomic mass is 10.0. The summed E-state index contributed by atoms with van der Waals surface area (Å²) in [4.78, 5) is 6.90. The molecular formula is C31H32N4O2S. The lowest BCUT2D eigenvalue weighted by Crippen LogP contribution is -2.30. The van der Waals surface area contributed by atoms with Crippen LogP contribution in [-0.2, 0) is 0 Å². The number of thiocarbonyl (C=S) groups is 1. The van der Waals surface area contributed by atoms with Crippen LogP contribution in [0.1, 0.15) is 56.1 Å². The van der Waals surface area contributed by atoms with E-state index in [1.165, 1.54) is 12.8 Å². The highest BCUT2D eigenvalue weighted by atomic mass is 32.1. The Morgan fingerprint density at radius 1 is 0.895 bits per heavy atom. The molecule has 1 N–H and O–H groups in total. The van der Waals surface area contributed by atoms with Crippen molar-refractivity contribution in [2.75, 3.05) is 11.5 Å². The number of hydrogen-bond donors (Lipinski definition) is 1. The van der Waals surface area contributed by atoms with Crippen LogP contribution in [0.2, 0.25) is 0 Å². The summed E-state index contributed by atoms with van der Waals surface area (Å²) >= 11 is 5.94. The van der Waals surface area contributed by atoms with Gasteiger partial charge >= 0.3 is 0 Å². The Morgan fingerprint density at radius 3 is 2.34 bits per heavy atom. The van der Waals surface area contributed by atoms with E-state index >= 15 is 0 Å². The lowest BCUT2D eigenvalue weighted by molar-refractivity contribution is 0.210. The molecule has 0 bridgehead atoms. The van der Waals surface area contributed by atoms with E-state index in [2.05, 4.69) is 75.6 Å². The second kappa shape index (κ2) is 10.9. The van der Waals surface area contributed by atoms with E-state index < -0.39 is 0 Å². The highest BCUT2D eigenvalue weighted by Crippen LogP contribution is 2.42. The first-order valence-electron chi connectivity index (χ1n) is 13.4. The summed E-state index contributed by atoms with van der Waals surface area (Å²) < 4.78 is 14.1. The van der Waals surface area contributed by atoms with E-state index in [4.69, 9.17) is 26.7 Å². The summed E-state index contributed by atoms with van der Waals surface area (Å²) in [5, 5.41) is 4.24. The Hall–Kier alpha value is -3.84. The van der Waals surface area contributed by atoms with Crippen molar-refractivity contribution in [1.82, 2.24) is 14.9 Å². The Balaban J connectivity index is 1.37. The third-order valence-corrected chi connectivity index (χ3v) is 7.64. The molecule has 2 aromatic heterocycles. The fraction of sp³-hybridized carbons (Fsp3) is 0.290. The van der Waals surface area contributed by atoms with Crippen molar-refractivity contribution in [2.45, 2.75) is 50.8 Å². The van der Waals surface area contributed by atoms with Gasteiger partial charge in [-0.3, -0.25) is 4.98 Å². The molecule has 6 rings (SSSR count). The quantitative estimate of drug-likeness (QED) is 0.257. The van der Waals surface area contributed by atoms with Gasteiger partial charge in [-0.05, 0) is 118 Å². The molecule has 0 unspecified atom stereocenters. The molecule has 194 valence electrons. The van der Waals surface area contributed by atoms with E-state index in [0.29, 0.717) is 17.8 Å². The predicted octanol–water partition coefficient (Wildman–Crippen LogP) is 6.77. The fourth-order valence-corrected chi connectivity index (χ4v) is 5.90. The number of rotatable bonds is 8. The van der Waals surface area contributed by atoms with Crippen LogP contribution in [0, 0.1) is 0 Å². The number of pyridine rings is 1. The Bertz CT molecular complexity index is 1370. The predicted molar refractivity (Wildman–Crippen MR) is 154 cm³/mol. The summed E-state index contributed by atoms with van der Waals surface area (Å²) in [7, 11) is 0. The summed E-state index contributed by atoms with van der Waals surface area (Å²) in [5.41, 5.74) is 4.14. The number of benzene rings is 2. The van der Waals surface area contributed by atoms with E-state index in [9.17, 15) is 0 Å². The first kappa shape index (κ1) is 24.5. The largest absolute Gasteiger partial charge is 0.494 e. The normalized spacial score (nSPS) is 19.5. The molecule has 1 saturated heterocycles. The van der Waals surface area contributed by atoms with Crippen molar-refractivity contribution < 1.29 is 9.47 Å². The molecular weight excluding hydrogens is 492 g/mol. The van der Waals surface area contributed by atoms with Crippen molar-refractivity contribution in [3.8, 4) is 17.2 Å². The molecule has 1 aliphatic heterocycles. The molecule has 6 nitrogen and oxygen atoms in total. The van der Waals surface area contributed by atoms with Crippen LogP contribution in [0.4, 0.5) is 5.69 Å². The van der Waals surface area contributed by atoms with Crippen molar-refractivity contribution in [3.63, 3.8) is 0 Å². The SMILES string of the molecule is CCOc1ccc(-n2cccc2[C@@H]2[C@H](c3ccccn3)NC(=S)N2c2ccc(OC3CCCC3)cc2)cc1. The molecule has 1 saturated carbocycles. The standard InChI is InChI=1S/C31H32N4O2S/c1-2-36-24-16-12-22(13-17-24)34-21-7-11-28(34)30-29(27-10-5-6-20-32-27)33-31(38)35(30)23-14-18-26(19-15-23)37-25-8-3-4-9-25/h5-7,10-21,25,29-30H,2-4,8-9H2,1H3,(H,33,38)/t29-,30+/m0/s1. The van der Waals surface area contributed by atoms with Gasteiger partial charge in [-0.1, -0.05) is 6.07 Å². The van der Waals surface area contributed by atoms with Gasteiger partial charge in [0.25, 0.3) is 0 Å². The van der Waals surface area contributed by atoms with Gasteiger partial charge in [0.1, 0.15) is 17.5 Å². The number of aromatic nitrogens is 2. The molecule has 3 heterocycles. The first-order valence-corrected chi connectivity index (χ1v) is 13.8. The fourth-order valence-electron chi connectivity index (χ4n) is 5.56. The molecule has 2 fully saturated rings. The molecule has 2 atom stereocenters. The number of nitrogens with one attached hydrogen (secondary N) is 1. The van der Waals surface area contributed by atoms with E-state index in [1.807, 2.05) is 37.4 Å². The smallest absolute Gasteiger partial charge is 0.174 e. The number of anilines is 1. The average molecular weight is 525 g/mol. The molecule has 2 aliphatic rings. The molecule has 38 heavy (non-hydrogen) atoms. The van der Waals surface area contributed by atoms with Crippen LogP contribution < -0.4 is 19.7 Å². The number of hydrogen-bond acceptors (Lipinski definition) is 4. The van der Waals surface area contributed by atoms with Crippen LogP contribution in [0.3, 0.4) is 0 Å². The van der Waals surface area contributed by atoms with Crippen LogP contribution >= 0.6 is 12.2 Å². The first-order chi connectivity index (χ1) is 18.7. The molecule has 0 spiro atoms. The second-order valence-corrected chi connectivity index (χ2v) is 10.1. The molecule has 4 aromatic rings. The molecule has 7 heteroatoms. The number of nitrogens with zero attached hydrogens (tertiary/aromatic N) is 3. The Kier molecular flexibility index (Phi) is 7.01. The summed E-state index contributed by atoms with van der Waals surface area (Å²) in [6.45, 7) is 2.64. The minimum absolute atomic E-state index is 0.111. The van der Waals surface area contributed by atoms with E-state index in [0.717, 1.165) is 47.1 Å². The molecule has 1 aliphatic carbocycles. The van der Waals surface area contributed by atoms with Crippen LogP contribution in [0.25, 0.3) is 5.69 Å².